The third-order valence-electron chi connectivity index (χ3n) is 5.92. The highest BCUT2D eigenvalue weighted by molar-refractivity contribution is 8.32. The second kappa shape index (κ2) is 11.5. The van der Waals surface area contributed by atoms with Crippen molar-refractivity contribution < 1.29 is 18.7 Å². The zero-order chi connectivity index (χ0) is 26.6. The molecule has 0 bridgehead atoms. The molecule has 2 heterocycles. The number of hydrogen-bond donors (Lipinski definition) is 0. The van der Waals surface area contributed by atoms with Gasteiger partial charge in [-0.2, -0.15) is 0 Å². The van der Waals surface area contributed by atoms with Crippen molar-refractivity contribution in [2.45, 2.75) is 59.4 Å². The van der Waals surface area contributed by atoms with E-state index in [1.54, 1.807) is 17.0 Å². The maximum atomic E-state index is 13.7. The van der Waals surface area contributed by atoms with Gasteiger partial charge in [0, 0.05) is 34.4 Å². The van der Waals surface area contributed by atoms with E-state index in [4.69, 9.17) is 9.72 Å². The van der Waals surface area contributed by atoms with E-state index >= 15 is 0 Å². The molecule has 0 atom stereocenters. The summed E-state index contributed by atoms with van der Waals surface area (Å²) in [6.45, 7) is 13.3. The standard InChI is InChI=1S/C26H35FN2O3S.C2H6/c1-17(2)23-21(15-30)22(18-8-10-19(27)11-9-18)20-14-29(16-26(3,4)24(20)28-23)25(31)32-12-13-33(5,6)7;1-2/h8-11,15,17H,12-14,16H2,1-7H3;1-2H3. The van der Waals surface area contributed by atoms with Crippen LogP contribution >= 0.6 is 10.0 Å². The Bertz CT molecular complexity index is 1040. The largest absolute Gasteiger partial charge is 0.449 e. The van der Waals surface area contributed by atoms with Crippen molar-refractivity contribution in [1.82, 2.24) is 9.88 Å². The Hall–Kier alpha value is -2.41. The Balaban J connectivity index is 0.00000210. The Kier molecular flexibility index (Phi) is 9.51. The minimum absolute atomic E-state index is 0.0355. The molecule has 1 aliphatic heterocycles. The SMILES string of the molecule is CC.CC(C)c1nc2c(c(-c3ccc(F)cc3)c1C=O)CN(C(=O)OCCS(C)(C)C)CC2(C)C. The predicted molar refractivity (Wildman–Crippen MR) is 145 cm³/mol. The third-order valence-corrected chi connectivity index (χ3v) is 7.31. The lowest BCUT2D eigenvalue weighted by Gasteiger charge is -2.40. The van der Waals surface area contributed by atoms with Gasteiger partial charge in [-0.05, 0) is 42.4 Å². The molecule has 5 nitrogen and oxygen atoms in total. The first kappa shape index (κ1) is 28.8. The molecule has 0 spiro atoms. The van der Waals surface area contributed by atoms with Gasteiger partial charge in [-0.3, -0.25) is 9.78 Å². The third kappa shape index (κ3) is 6.84. The van der Waals surface area contributed by atoms with Crippen molar-refractivity contribution in [3.05, 3.63) is 52.6 Å². The summed E-state index contributed by atoms with van der Waals surface area (Å²) in [4.78, 5) is 31.9. The van der Waals surface area contributed by atoms with Gasteiger partial charge in [0.1, 0.15) is 12.4 Å². The molecule has 35 heavy (non-hydrogen) atoms. The van der Waals surface area contributed by atoms with Gasteiger partial charge in [-0.25, -0.2) is 19.2 Å². The number of amides is 1. The molecule has 1 aliphatic rings. The molecule has 0 N–H and O–H groups in total. The summed E-state index contributed by atoms with van der Waals surface area (Å²) >= 11 is 0. The first-order valence-corrected chi connectivity index (χ1v) is 15.2. The zero-order valence-electron chi connectivity index (χ0n) is 22.7. The summed E-state index contributed by atoms with van der Waals surface area (Å²) in [5.41, 5.74) is 3.94. The van der Waals surface area contributed by atoms with Crippen LogP contribution in [0.5, 0.6) is 0 Å². The fraction of sp³-hybridized carbons (Fsp3) is 0.536. The molecule has 194 valence electrons. The molecule has 1 amide bonds. The second-order valence-electron chi connectivity index (χ2n) is 10.5. The smallest absolute Gasteiger partial charge is 0.410 e. The van der Waals surface area contributed by atoms with E-state index in [9.17, 15) is 14.0 Å². The number of halogens is 1. The topological polar surface area (TPSA) is 59.5 Å². The number of carbonyl (C=O) groups excluding carboxylic acids is 2. The summed E-state index contributed by atoms with van der Waals surface area (Å²) < 4.78 is 19.3. The lowest BCUT2D eigenvalue weighted by atomic mass is 9.78. The van der Waals surface area contributed by atoms with Crippen molar-refractivity contribution in [3.63, 3.8) is 0 Å². The number of hydrogen-bond acceptors (Lipinski definition) is 4. The fourth-order valence-electron chi connectivity index (χ4n) is 4.27. The van der Waals surface area contributed by atoms with Crippen LogP contribution < -0.4 is 0 Å². The van der Waals surface area contributed by atoms with Crippen LogP contribution in [0.25, 0.3) is 11.1 Å². The molecular formula is C28H41FN2O3S. The Labute approximate surface area is 211 Å². The van der Waals surface area contributed by atoms with Gasteiger partial charge in [0.05, 0.1) is 17.9 Å². The van der Waals surface area contributed by atoms with Crippen LogP contribution in [0.4, 0.5) is 9.18 Å². The summed E-state index contributed by atoms with van der Waals surface area (Å²) in [5, 5.41) is 0. The fourth-order valence-corrected chi connectivity index (χ4v) is 4.86. The molecule has 7 heteroatoms. The van der Waals surface area contributed by atoms with E-state index in [-0.39, 0.29) is 17.8 Å². The van der Waals surface area contributed by atoms with Gasteiger partial charge in [0.25, 0.3) is 0 Å². The van der Waals surface area contributed by atoms with Gasteiger partial charge < -0.3 is 9.64 Å². The maximum absolute atomic E-state index is 13.7. The molecule has 0 unspecified atom stereocenters. The van der Waals surface area contributed by atoms with Crippen LogP contribution in [0.3, 0.4) is 0 Å². The van der Waals surface area contributed by atoms with Gasteiger partial charge in [-0.15, -0.1) is 0 Å². The number of nitrogens with zero attached hydrogens (tertiary/aromatic N) is 2. The quantitative estimate of drug-likeness (QED) is 0.407. The van der Waals surface area contributed by atoms with Crippen LogP contribution in [0.2, 0.25) is 0 Å². The number of aldehydes is 1. The van der Waals surface area contributed by atoms with Gasteiger partial charge in [0.15, 0.2) is 6.29 Å². The monoisotopic (exact) mass is 504 g/mol. The van der Waals surface area contributed by atoms with Crippen LogP contribution in [0.1, 0.15) is 74.8 Å². The number of benzene rings is 1. The number of ether oxygens (including phenoxy) is 1. The second-order valence-corrected chi connectivity index (χ2v) is 15.1. The van der Waals surface area contributed by atoms with E-state index in [1.807, 2.05) is 27.7 Å². The van der Waals surface area contributed by atoms with E-state index < -0.39 is 15.4 Å². The van der Waals surface area contributed by atoms with Crippen molar-refractivity contribution in [2.75, 3.05) is 37.7 Å². The Morgan fingerprint density at radius 3 is 2.31 bits per heavy atom. The van der Waals surface area contributed by atoms with E-state index in [0.29, 0.717) is 25.3 Å². The predicted octanol–water partition coefficient (Wildman–Crippen LogP) is 6.77. The van der Waals surface area contributed by atoms with Crippen LogP contribution in [0.15, 0.2) is 24.3 Å². The minimum Gasteiger partial charge on any atom is -0.449 e. The number of rotatable bonds is 6. The Morgan fingerprint density at radius 1 is 1.20 bits per heavy atom. The molecule has 0 saturated heterocycles. The zero-order valence-corrected chi connectivity index (χ0v) is 23.5. The van der Waals surface area contributed by atoms with E-state index in [1.165, 1.54) is 12.1 Å². The van der Waals surface area contributed by atoms with Crippen LogP contribution in [-0.2, 0) is 16.7 Å². The molecule has 1 aromatic heterocycles. The van der Waals surface area contributed by atoms with Crippen molar-refractivity contribution in [1.29, 1.82) is 0 Å². The van der Waals surface area contributed by atoms with Gasteiger partial charge in [-0.1, -0.05) is 53.7 Å². The number of carbonyl (C=O) groups is 2. The highest BCUT2D eigenvalue weighted by atomic mass is 32.3. The lowest BCUT2D eigenvalue weighted by molar-refractivity contribution is 0.0916. The molecule has 0 radical (unpaired) electrons. The maximum Gasteiger partial charge on any atom is 0.410 e. The average Bonchev–Trinajstić information content (AvgIpc) is 2.78. The van der Waals surface area contributed by atoms with Gasteiger partial charge >= 0.3 is 6.09 Å². The number of fused-ring (bicyclic) bond motifs is 1. The van der Waals surface area contributed by atoms with Crippen molar-refractivity contribution >= 4 is 22.4 Å². The van der Waals surface area contributed by atoms with Gasteiger partial charge in [0.2, 0.25) is 0 Å². The normalized spacial score (nSPS) is 15.1. The van der Waals surface area contributed by atoms with Crippen LogP contribution in [-0.4, -0.2) is 59.9 Å². The summed E-state index contributed by atoms with van der Waals surface area (Å²) in [5.74, 6) is 0.542. The molecule has 2 aromatic rings. The van der Waals surface area contributed by atoms with Crippen LogP contribution in [0, 0.1) is 5.82 Å². The molecule has 1 aromatic carbocycles. The minimum atomic E-state index is -0.765. The van der Waals surface area contributed by atoms with Crippen molar-refractivity contribution in [3.8, 4) is 11.1 Å². The summed E-state index contributed by atoms with van der Waals surface area (Å²) in [6, 6.07) is 6.14. The average molecular weight is 505 g/mol. The summed E-state index contributed by atoms with van der Waals surface area (Å²) in [7, 11) is -0.765. The highest BCUT2D eigenvalue weighted by Crippen LogP contribution is 2.41. The highest BCUT2D eigenvalue weighted by Gasteiger charge is 2.39. The molecule has 0 fully saturated rings. The molecule has 0 saturated carbocycles. The molecular weight excluding hydrogens is 463 g/mol. The molecule has 0 aliphatic carbocycles. The summed E-state index contributed by atoms with van der Waals surface area (Å²) in [6.07, 6.45) is 7.04. The first-order valence-electron chi connectivity index (χ1n) is 12.2. The van der Waals surface area contributed by atoms with Crippen molar-refractivity contribution in [2.24, 2.45) is 0 Å². The lowest BCUT2D eigenvalue weighted by Crippen LogP contribution is -2.46. The van der Waals surface area contributed by atoms with E-state index in [0.717, 1.165) is 40.1 Å². The number of aromatic nitrogens is 1. The Morgan fingerprint density at radius 2 is 1.80 bits per heavy atom. The molecule has 3 rings (SSSR count). The van der Waals surface area contributed by atoms with E-state index in [2.05, 4.69) is 32.6 Å². The number of pyridine rings is 1. The first-order chi connectivity index (χ1) is 16.3.